The van der Waals surface area contributed by atoms with Gasteiger partial charge < -0.3 is 10.3 Å². The van der Waals surface area contributed by atoms with Gasteiger partial charge in [-0.15, -0.1) is 0 Å². The monoisotopic (exact) mass is 277 g/mol. The summed E-state index contributed by atoms with van der Waals surface area (Å²) in [4.78, 5) is 20.6. The summed E-state index contributed by atoms with van der Waals surface area (Å²) in [6, 6.07) is 3.92. The molecule has 1 aromatic heterocycles. The molecule has 1 saturated heterocycles. The maximum absolute atomic E-state index is 12.3. The Labute approximate surface area is 119 Å². The molecule has 0 aromatic carbocycles. The summed E-state index contributed by atoms with van der Waals surface area (Å²) in [5, 5.41) is 0. The Kier molecular flexibility index (Phi) is 4.92. The number of hydrogen-bond donors (Lipinski definition) is 2. The number of likely N-dealkylation sites (tertiary alicyclic amines) is 1. The van der Waals surface area contributed by atoms with Crippen LogP contribution in [0.15, 0.2) is 18.3 Å². The maximum atomic E-state index is 12.3. The molecule has 20 heavy (non-hydrogen) atoms. The zero-order valence-electron chi connectivity index (χ0n) is 12.2. The fourth-order valence-electron chi connectivity index (χ4n) is 2.72. The minimum absolute atomic E-state index is 0.0449. The number of nitrogens with zero attached hydrogens (tertiary/aromatic N) is 3. The van der Waals surface area contributed by atoms with Crippen LogP contribution in [0.2, 0.25) is 0 Å². The van der Waals surface area contributed by atoms with Crippen LogP contribution in [0.3, 0.4) is 0 Å². The van der Waals surface area contributed by atoms with E-state index in [1.165, 1.54) is 6.42 Å². The molecule has 0 radical (unpaired) electrons. The number of carbonyl (C=O) groups is 1. The zero-order valence-corrected chi connectivity index (χ0v) is 12.2. The van der Waals surface area contributed by atoms with Crippen LogP contribution in [0, 0.1) is 0 Å². The van der Waals surface area contributed by atoms with E-state index >= 15 is 0 Å². The van der Waals surface area contributed by atoms with E-state index in [1.54, 1.807) is 23.2 Å². The number of rotatable bonds is 5. The van der Waals surface area contributed by atoms with Crippen molar-refractivity contribution in [1.82, 2.24) is 14.8 Å². The molecule has 1 unspecified atom stereocenters. The highest BCUT2D eigenvalue weighted by Gasteiger charge is 2.26. The highest BCUT2D eigenvalue weighted by Crippen LogP contribution is 2.18. The number of anilines is 1. The van der Waals surface area contributed by atoms with Crippen LogP contribution in [-0.4, -0.2) is 53.4 Å². The van der Waals surface area contributed by atoms with Crippen LogP contribution < -0.4 is 11.3 Å². The molecule has 2 heterocycles. The van der Waals surface area contributed by atoms with Gasteiger partial charge in [0.15, 0.2) is 0 Å². The number of carbonyl (C=O) groups excluding carboxylic acids is 1. The van der Waals surface area contributed by atoms with E-state index in [9.17, 15) is 4.79 Å². The largest absolute Gasteiger partial charge is 0.339 e. The molecular formula is C14H23N5O. The van der Waals surface area contributed by atoms with E-state index < -0.39 is 0 Å². The van der Waals surface area contributed by atoms with Crippen molar-refractivity contribution in [2.24, 2.45) is 5.84 Å². The average Bonchev–Trinajstić information content (AvgIpc) is 2.93. The molecule has 1 aromatic rings. The number of amides is 1. The number of likely N-dealkylation sites (N-methyl/N-ethyl adjacent to an activating group) is 2. The third-order valence-corrected chi connectivity index (χ3v) is 3.89. The number of nitrogen functional groups attached to an aromatic ring is 1. The Morgan fingerprint density at radius 1 is 1.60 bits per heavy atom. The Balaban J connectivity index is 1.97. The minimum atomic E-state index is -0.0449. The van der Waals surface area contributed by atoms with Crippen LogP contribution in [0.25, 0.3) is 0 Å². The molecule has 3 N–H and O–H groups in total. The molecular weight excluding hydrogens is 254 g/mol. The van der Waals surface area contributed by atoms with Gasteiger partial charge >= 0.3 is 0 Å². The normalized spacial score (nSPS) is 19.1. The van der Waals surface area contributed by atoms with Crippen molar-refractivity contribution < 1.29 is 4.79 Å². The fourth-order valence-corrected chi connectivity index (χ4v) is 2.72. The van der Waals surface area contributed by atoms with Gasteiger partial charge in [0, 0.05) is 19.6 Å². The van der Waals surface area contributed by atoms with Crippen LogP contribution >= 0.6 is 0 Å². The Bertz CT molecular complexity index is 447. The molecule has 6 heteroatoms. The van der Waals surface area contributed by atoms with Crippen LogP contribution in [0.5, 0.6) is 0 Å². The summed E-state index contributed by atoms with van der Waals surface area (Å²) >= 11 is 0. The second-order valence-corrected chi connectivity index (χ2v) is 5.19. The van der Waals surface area contributed by atoms with Gasteiger partial charge in [0.2, 0.25) is 0 Å². The quantitative estimate of drug-likeness (QED) is 0.618. The lowest BCUT2D eigenvalue weighted by Crippen LogP contribution is -2.41. The van der Waals surface area contributed by atoms with Crippen molar-refractivity contribution in [1.29, 1.82) is 0 Å². The summed E-state index contributed by atoms with van der Waals surface area (Å²) in [6.07, 6.45) is 3.94. The highest BCUT2D eigenvalue weighted by molar-refractivity contribution is 5.92. The third kappa shape index (κ3) is 3.26. The van der Waals surface area contributed by atoms with Gasteiger partial charge in [-0.05, 0) is 38.1 Å². The van der Waals surface area contributed by atoms with Crippen molar-refractivity contribution in [2.45, 2.75) is 25.8 Å². The Morgan fingerprint density at radius 2 is 2.40 bits per heavy atom. The second kappa shape index (κ2) is 6.67. The van der Waals surface area contributed by atoms with Crippen molar-refractivity contribution in [3.63, 3.8) is 0 Å². The van der Waals surface area contributed by atoms with Crippen molar-refractivity contribution in [2.75, 3.05) is 32.1 Å². The van der Waals surface area contributed by atoms with Crippen molar-refractivity contribution >= 4 is 11.6 Å². The van der Waals surface area contributed by atoms with Gasteiger partial charge in [-0.2, -0.15) is 0 Å². The van der Waals surface area contributed by atoms with Gasteiger partial charge in [-0.25, -0.2) is 4.98 Å². The summed E-state index contributed by atoms with van der Waals surface area (Å²) in [6.45, 7) is 5.10. The fraction of sp³-hybridized carbons (Fsp3) is 0.571. The molecule has 0 spiro atoms. The smallest absolute Gasteiger partial charge is 0.272 e. The lowest BCUT2D eigenvalue weighted by Gasteiger charge is -2.27. The molecule has 2 rings (SSSR count). The summed E-state index contributed by atoms with van der Waals surface area (Å²) in [5.41, 5.74) is 3.64. The molecule has 1 fully saturated rings. The van der Waals surface area contributed by atoms with Crippen molar-refractivity contribution in [3.05, 3.63) is 24.0 Å². The summed E-state index contributed by atoms with van der Waals surface area (Å²) in [5.74, 6) is 5.24. The van der Waals surface area contributed by atoms with E-state index in [2.05, 4.69) is 22.2 Å². The molecule has 1 atom stereocenters. The van der Waals surface area contributed by atoms with E-state index in [-0.39, 0.29) is 5.91 Å². The molecule has 1 aliphatic rings. The first-order chi connectivity index (χ1) is 9.65. The first kappa shape index (κ1) is 14.7. The maximum Gasteiger partial charge on any atom is 0.272 e. The number of nitrogens with one attached hydrogen (secondary N) is 1. The highest BCUT2D eigenvalue weighted by atomic mass is 16.2. The van der Waals surface area contributed by atoms with E-state index in [0.717, 1.165) is 26.1 Å². The zero-order chi connectivity index (χ0) is 14.5. The molecule has 110 valence electrons. The van der Waals surface area contributed by atoms with E-state index in [4.69, 9.17) is 5.84 Å². The number of pyridine rings is 1. The molecule has 1 aliphatic heterocycles. The number of aromatic nitrogens is 1. The second-order valence-electron chi connectivity index (χ2n) is 5.19. The Hall–Kier alpha value is -1.66. The van der Waals surface area contributed by atoms with E-state index in [1.807, 2.05) is 7.05 Å². The summed E-state index contributed by atoms with van der Waals surface area (Å²) in [7, 11) is 1.84. The standard InChI is InChI=1S/C14H23N5O/c1-3-19-8-4-5-12(19)10-18(2)14(20)13-7-6-11(17-15)9-16-13/h6-7,9,12,17H,3-5,8,10,15H2,1-2H3. The minimum Gasteiger partial charge on any atom is -0.339 e. The molecule has 6 nitrogen and oxygen atoms in total. The predicted molar refractivity (Wildman–Crippen MR) is 79.3 cm³/mol. The molecule has 0 saturated carbocycles. The predicted octanol–water partition coefficient (Wildman–Crippen LogP) is 0.924. The lowest BCUT2D eigenvalue weighted by molar-refractivity contribution is 0.0749. The van der Waals surface area contributed by atoms with Gasteiger partial charge in [0.05, 0.1) is 11.9 Å². The van der Waals surface area contributed by atoms with Gasteiger partial charge in [0.25, 0.3) is 5.91 Å². The molecule has 1 amide bonds. The van der Waals surface area contributed by atoms with E-state index in [0.29, 0.717) is 17.4 Å². The molecule has 0 aliphatic carbocycles. The SMILES string of the molecule is CCN1CCCC1CN(C)C(=O)c1ccc(NN)cn1. The number of hydrogen-bond acceptors (Lipinski definition) is 5. The summed E-state index contributed by atoms with van der Waals surface area (Å²) < 4.78 is 0. The van der Waals surface area contributed by atoms with Crippen LogP contribution in [0.1, 0.15) is 30.3 Å². The average molecular weight is 277 g/mol. The number of nitrogens with two attached hydrogens (primary N) is 1. The van der Waals surface area contributed by atoms with Crippen LogP contribution in [-0.2, 0) is 0 Å². The van der Waals surface area contributed by atoms with Gasteiger partial charge in [-0.1, -0.05) is 6.92 Å². The number of hydrazine groups is 1. The van der Waals surface area contributed by atoms with Gasteiger partial charge in [-0.3, -0.25) is 15.5 Å². The first-order valence-corrected chi connectivity index (χ1v) is 7.08. The first-order valence-electron chi connectivity index (χ1n) is 7.08. The topological polar surface area (TPSA) is 74.5 Å². The Morgan fingerprint density at radius 3 is 3.00 bits per heavy atom. The molecule has 0 bridgehead atoms. The van der Waals surface area contributed by atoms with Gasteiger partial charge in [0.1, 0.15) is 5.69 Å². The van der Waals surface area contributed by atoms with Crippen LogP contribution in [0.4, 0.5) is 5.69 Å². The lowest BCUT2D eigenvalue weighted by atomic mass is 10.2. The third-order valence-electron chi connectivity index (χ3n) is 3.89. The van der Waals surface area contributed by atoms with Crippen molar-refractivity contribution in [3.8, 4) is 0 Å².